The van der Waals surface area contributed by atoms with E-state index in [-0.39, 0.29) is 11.8 Å². The van der Waals surface area contributed by atoms with Crippen LogP contribution in [0.4, 0.5) is 11.4 Å². The predicted octanol–water partition coefficient (Wildman–Crippen LogP) is 1.74. The van der Waals surface area contributed by atoms with E-state index in [1.807, 2.05) is 18.7 Å². The molecule has 1 aromatic carbocycles. The van der Waals surface area contributed by atoms with E-state index in [0.717, 1.165) is 52.4 Å². The van der Waals surface area contributed by atoms with Crippen molar-refractivity contribution in [1.82, 2.24) is 9.80 Å². The van der Waals surface area contributed by atoms with Crippen LogP contribution in [0.1, 0.15) is 13.8 Å². The van der Waals surface area contributed by atoms with Gasteiger partial charge in [0.15, 0.2) is 0 Å². The minimum absolute atomic E-state index is 0.0967. The molecule has 0 N–H and O–H groups in total. The van der Waals surface area contributed by atoms with E-state index < -0.39 is 0 Å². The van der Waals surface area contributed by atoms with Crippen molar-refractivity contribution < 1.29 is 4.79 Å². The van der Waals surface area contributed by atoms with Crippen LogP contribution in [0.2, 0.25) is 0 Å². The molecule has 5 heteroatoms. The molecule has 0 aliphatic carbocycles. The summed E-state index contributed by atoms with van der Waals surface area (Å²) in [6, 6.07) is 8.94. The summed E-state index contributed by atoms with van der Waals surface area (Å²) in [5.41, 5.74) is 2.59. The van der Waals surface area contributed by atoms with Gasteiger partial charge in [-0.1, -0.05) is 13.8 Å². The number of likely N-dealkylation sites (N-methyl/N-ethyl adjacent to an activating group) is 1. The molecule has 2 aliphatic heterocycles. The Morgan fingerprint density at radius 1 is 0.792 bits per heavy atom. The monoisotopic (exact) mass is 330 g/mol. The first kappa shape index (κ1) is 17.1. The van der Waals surface area contributed by atoms with Gasteiger partial charge in [0.1, 0.15) is 0 Å². The van der Waals surface area contributed by atoms with Crippen molar-refractivity contribution in [2.75, 3.05) is 69.2 Å². The standard InChI is InChI=1S/C19H30N4O/c1-16(2)19(24)23-14-12-22(13-15-23)18-6-4-17(5-7-18)21-10-8-20(3)9-11-21/h4-7,16H,8-15H2,1-3H3. The van der Waals surface area contributed by atoms with Gasteiger partial charge in [0.2, 0.25) is 5.91 Å². The Bertz CT molecular complexity index is 541. The number of hydrogen-bond acceptors (Lipinski definition) is 4. The van der Waals surface area contributed by atoms with Crippen LogP contribution in [-0.4, -0.2) is 75.1 Å². The lowest BCUT2D eigenvalue weighted by atomic mass is 10.1. The van der Waals surface area contributed by atoms with Gasteiger partial charge in [-0.3, -0.25) is 4.79 Å². The molecule has 0 bridgehead atoms. The Kier molecular flexibility index (Phi) is 5.29. The van der Waals surface area contributed by atoms with Gasteiger partial charge in [0, 0.05) is 69.7 Å². The van der Waals surface area contributed by atoms with Crippen molar-refractivity contribution in [3.05, 3.63) is 24.3 Å². The summed E-state index contributed by atoms with van der Waals surface area (Å²) in [4.78, 5) is 21.3. The average molecular weight is 330 g/mol. The number of benzene rings is 1. The van der Waals surface area contributed by atoms with Crippen LogP contribution in [0.5, 0.6) is 0 Å². The quantitative estimate of drug-likeness (QED) is 0.844. The second-order valence-electron chi connectivity index (χ2n) is 7.27. The fraction of sp³-hybridized carbons (Fsp3) is 0.632. The highest BCUT2D eigenvalue weighted by atomic mass is 16.2. The van der Waals surface area contributed by atoms with E-state index in [2.05, 4.69) is 46.0 Å². The zero-order valence-electron chi connectivity index (χ0n) is 15.2. The van der Waals surface area contributed by atoms with Gasteiger partial charge in [0.25, 0.3) is 0 Å². The highest BCUT2D eigenvalue weighted by molar-refractivity contribution is 5.78. The maximum absolute atomic E-state index is 12.1. The van der Waals surface area contributed by atoms with Gasteiger partial charge in [-0.2, -0.15) is 0 Å². The summed E-state index contributed by atoms with van der Waals surface area (Å²) in [6.07, 6.45) is 0. The van der Waals surface area contributed by atoms with Crippen LogP contribution < -0.4 is 9.80 Å². The van der Waals surface area contributed by atoms with E-state index >= 15 is 0 Å². The summed E-state index contributed by atoms with van der Waals surface area (Å²) >= 11 is 0. The van der Waals surface area contributed by atoms with Crippen molar-refractivity contribution >= 4 is 17.3 Å². The summed E-state index contributed by atoms with van der Waals surface area (Å²) in [7, 11) is 2.18. The second-order valence-corrected chi connectivity index (χ2v) is 7.27. The van der Waals surface area contributed by atoms with Gasteiger partial charge < -0.3 is 19.6 Å². The third-order valence-corrected chi connectivity index (χ3v) is 5.17. The van der Waals surface area contributed by atoms with E-state index in [1.165, 1.54) is 11.4 Å². The largest absolute Gasteiger partial charge is 0.369 e. The molecule has 1 aromatic rings. The summed E-state index contributed by atoms with van der Waals surface area (Å²) in [5, 5.41) is 0. The summed E-state index contributed by atoms with van der Waals surface area (Å²) < 4.78 is 0. The molecule has 0 radical (unpaired) electrons. The number of carbonyl (C=O) groups is 1. The molecule has 5 nitrogen and oxygen atoms in total. The number of amides is 1. The lowest BCUT2D eigenvalue weighted by Crippen LogP contribution is -2.49. The van der Waals surface area contributed by atoms with E-state index in [9.17, 15) is 4.79 Å². The fourth-order valence-electron chi connectivity index (χ4n) is 3.49. The van der Waals surface area contributed by atoms with Crippen molar-refractivity contribution in [2.24, 2.45) is 5.92 Å². The molecular weight excluding hydrogens is 300 g/mol. The molecule has 132 valence electrons. The summed E-state index contributed by atoms with van der Waals surface area (Å²) in [6.45, 7) is 11.9. The first-order valence-corrected chi connectivity index (χ1v) is 9.12. The number of carbonyl (C=O) groups excluding carboxylic acids is 1. The molecule has 0 unspecified atom stereocenters. The van der Waals surface area contributed by atoms with Crippen LogP contribution in [0.15, 0.2) is 24.3 Å². The minimum Gasteiger partial charge on any atom is -0.369 e. The minimum atomic E-state index is 0.0967. The molecule has 1 amide bonds. The Labute approximate surface area is 145 Å². The van der Waals surface area contributed by atoms with E-state index in [1.54, 1.807) is 0 Å². The Morgan fingerprint density at radius 3 is 1.62 bits per heavy atom. The van der Waals surface area contributed by atoms with E-state index in [4.69, 9.17) is 0 Å². The van der Waals surface area contributed by atoms with Gasteiger partial charge in [-0.25, -0.2) is 0 Å². The number of rotatable bonds is 3. The Morgan fingerprint density at radius 2 is 1.21 bits per heavy atom. The molecule has 0 atom stereocenters. The normalized spacial score (nSPS) is 19.9. The lowest BCUT2D eigenvalue weighted by molar-refractivity contribution is -0.134. The third-order valence-electron chi connectivity index (χ3n) is 5.17. The van der Waals surface area contributed by atoms with Gasteiger partial charge in [0.05, 0.1) is 0 Å². The van der Waals surface area contributed by atoms with Crippen molar-refractivity contribution in [2.45, 2.75) is 13.8 Å². The Hall–Kier alpha value is -1.75. The first-order chi connectivity index (χ1) is 11.5. The highest BCUT2D eigenvalue weighted by Gasteiger charge is 2.23. The fourth-order valence-corrected chi connectivity index (χ4v) is 3.49. The number of nitrogens with zero attached hydrogens (tertiary/aromatic N) is 4. The van der Waals surface area contributed by atoms with Crippen LogP contribution in [0.25, 0.3) is 0 Å². The SMILES string of the molecule is CC(C)C(=O)N1CCN(c2ccc(N3CCN(C)CC3)cc2)CC1. The third kappa shape index (κ3) is 3.83. The van der Waals surface area contributed by atoms with Gasteiger partial charge in [-0.05, 0) is 31.3 Å². The molecule has 2 fully saturated rings. The smallest absolute Gasteiger partial charge is 0.225 e. The number of piperazine rings is 2. The second kappa shape index (κ2) is 7.43. The molecule has 24 heavy (non-hydrogen) atoms. The maximum atomic E-state index is 12.1. The summed E-state index contributed by atoms with van der Waals surface area (Å²) in [5.74, 6) is 0.375. The molecule has 3 rings (SSSR count). The lowest BCUT2D eigenvalue weighted by Gasteiger charge is -2.37. The Balaban J connectivity index is 1.56. The van der Waals surface area contributed by atoms with Crippen molar-refractivity contribution in [1.29, 1.82) is 0 Å². The first-order valence-electron chi connectivity index (χ1n) is 9.12. The number of hydrogen-bond donors (Lipinski definition) is 0. The van der Waals surface area contributed by atoms with Crippen LogP contribution in [0, 0.1) is 5.92 Å². The highest BCUT2D eigenvalue weighted by Crippen LogP contribution is 2.23. The van der Waals surface area contributed by atoms with E-state index in [0.29, 0.717) is 0 Å². The van der Waals surface area contributed by atoms with Crippen molar-refractivity contribution in [3.63, 3.8) is 0 Å². The molecular formula is C19H30N4O. The van der Waals surface area contributed by atoms with Gasteiger partial charge in [-0.15, -0.1) is 0 Å². The van der Waals surface area contributed by atoms with Crippen LogP contribution >= 0.6 is 0 Å². The van der Waals surface area contributed by atoms with Crippen LogP contribution in [-0.2, 0) is 4.79 Å². The van der Waals surface area contributed by atoms with Crippen molar-refractivity contribution in [3.8, 4) is 0 Å². The topological polar surface area (TPSA) is 30.0 Å². The molecule has 2 heterocycles. The zero-order chi connectivity index (χ0) is 17.1. The molecule has 2 saturated heterocycles. The number of anilines is 2. The predicted molar refractivity (Wildman–Crippen MR) is 99.8 cm³/mol. The zero-order valence-corrected chi connectivity index (χ0v) is 15.2. The van der Waals surface area contributed by atoms with Crippen LogP contribution in [0.3, 0.4) is 0 Å². The maximum Gasteiger partial charge on any atom is 0.225 e. The average Bonchev–Trinajstić information content (AvgIpc) is 2.62. The molecule has 0 aromatic heterocycles. The molecule has 2 aliphatic rings. The molecule has 0 saturated carbocycles. The van der Waals surface area contributed by atoms with Gasteiger partial charge >= 0.3 is 0 Å². The molecule has 0 spiro atoms.